The molecule has 2 aromatic rings. The Morgan fingerprint density at radius 3 is 2.52 bits per heavy atom. The number of hydrogen-bond acceptors (Lipinski definition) is 4. The van der Waals surface area contributed by atoms with Crippen molar-refractivity contribution in [1.29, 1.82) is 0 Å². The summed E-state index contributed by atoms with van der Waals surface area (Å²) >= 11 is 0. The summed E-state index contributed by atoms with van der Waals surface area (Å²) in [6, 6.07) is 13.1. The van der Waals surface area contributed by atoms with Crippen LogP contribution in [0.2, 0.25) is 0 Å². The van der Waals surface area contributed by atoms with E-state index in [2.05, 4.69) is 21.9 Å². The molecule has 5 nitrogen and oxygen atoms in total. The SMILES string of the molecule is CCCCNc1ccc(NS(=O)(=O)CCc2ccccc2)cn1. The number of nitrogens with zero attached hydrogens (tertiary/aromatic N) is 1. The predicted molar refractivity (Wildman–Crippen MR) is 95.2 cm³/mol. The van der Waals surface area contributed by atoms with Crippen LogP contribution in [0.3, 0.4) is 0 Å². The molecule has 0 saturated heterocycles. The average molecular weight is 333 g/mol. The fraction of sp³-hybridized carbons (Fsp3) is 0.353. The zero-order valence-corrected chi connectivity index (χ0v) is 14.1. The molecule has 0 aliphatic heterocycles. The lowest BCUT2D eigenvalue weighted by Crippen LogP contribution is -2.18. The summed E-state index contributed by atoms with van der Waals surface area (Å²) in [6.45, 7) is 2.99. The van der Waals surface area contributed by atoms with Gasteiger partial charge in [0, 0.05) is 6.54 Å². The first kappa shape index (κ1) is 17.3. The Bertz CT molecular complexity index is 686. The quantitative estimate of drug-likeness (QED) is 0.691. The summed E-state index contributed by atoms with van der Waals surface area (Å²) in [7, 11) is -3.38. The summed E-state index contributed by atoms with van der Waals surface area (Å²) in [6.07, 6.45) is 4.22. The number of pyridine rings is 1. The Hall–Kier alpha value is -2.08. The number of anilines is 2. The third-order valence-electron chi connectivity index (χ3n) is 3.38. The second-order valence-corrected chi connectivity index (χ2v) is 7.21. The molecule has 124 valence electrons. The highest BCUT2D eigenvalue weighted by Crippen LogP contribution is 2.12. The number of nitrogens with one attached hydrogen (secondary N) is 2. The van der Waals surface area contributed by atoms with Gasteiger partial charge in [-0.3, -0.25) is 4.72 Å². The molecule has 1 heterocycles. The van der Waals surface area contributed by atoms with Crippen LogP contribution in [0.25, 0.3) is 0 Å². The highest BCUT2D eigenvalue weighted by Gasteiger charge is 2.11. The number of benzene rings is 1. The Kier molecular flexibility index (Phi) is 6.40. The van der Waals surface area contributed by atoms with Gasteiger partial charge in [0.05, 0.1) is 17.6 Å². The lowest BCUT2D eigenvalue weighted by molar-refractivity contribution is 0.600. The van der Waals surface area contributed by atoms with Crippen LogP contribution in [0.1, 0.15) is 25.3 Å². The van der Waals surface area contributed by atoms with Crippen LogP contribution >= 0.6 is 0 Å². The van der Waals surface area contributed by atoms with Gasteiger partial charge in [-0.05, 0) is 30.5 Å². The molecule has 0 atom stereocenters. The van der Waals surface area contributed by atoms with Crippen LogP contribution in [0.4, 0.5) is 11.5 Å². The molecule has 0 bridgehead atoms. The van der Waals surface area contributed by atoms with Crippen LogP contribution in [-0.2, 0) is 16.4 Å². The smallest absolute Gasteiger partial charge is 0.233 e. The molecule has 0 aliphatic rings. The van der Waals surface area contributed by atoms with Gasteiger partial charge in [0.2, 0.25) is 10.0 Å². The van der Waals surface area contributed by atoms with E-state index in [1.807, 2.05) is 30.3 Å². The lowest BCUT2D eigenvalue weighted by atomic mass is 10.2. The Balaban J connectivity index is 1.87. The van der Waals surface area contributed by atoms with Gasteiger partial charge < -0.3 is 5.32 Å². The summed E-state index contributed by atoms with van der Waals surface area (Å²) < 4.78 is 26.8. The van der Waals surface area contributed by atoms with E-state index in [1.165, 1.54) is 6.20 Å². The minimum atomic E-state index is -3.38. The van der Waals surface area contributed by atoms with Gasteiger partial charge >= 0.3 is 0 Å². The first-order valence-electron chi connectivity index (χ1n) is 7.83. The molecule has 23 heavy (non-hydrogen) atoms. The maximum atomic E-state index is 12.1. The molecule has 6 heteroatoms. The zero-order chi connectivity index (χ0) is 16.5. The van der Waals surface area contributed by atoms with E-state index in [0.717, 1.165) is 30.8 Å². The zero-order valence-electron chi connectivity index (χ0n) is 13.3. The molecular formula is C17H23N3O2S. The fourth-order valence-corrected chi connectivity index (χ4v) is 3.17. The topological polar surface area (TPSA) is 71.1 Å². The van der Waals surface area contributed by atoms with Gasteiger partial charge in [0.1, 0.15) is 5.82 Å². The number of hydrogen-bond donors (Lipinski definition) is 2. The Morgan fingerprint density at radius 2 is 1.87 bits per heavy atom. The van der Waals surface area contributed by atoms with Crippen molar-refractivity contribution in [1.82, 2.24) is 4.98 Å². The first-order valence-corrected chi connectivity index (χ1v) is 9.48. The molecular weight excluding hydrogens is 310 g/mol. The number of aryl methyl sites for hydroxylation is 1. The standard InChI is InChI=1S/C17H23N3O2S/c1-2-3-12-18-17-10-9-16(14-19-17)20-23(21,22)13-11-15-7-5-4-6-8-15/h4-10,14,20H,2-3,11-13H2,1H3,(H,18,19). The highest BCUT2D eigenvalue weighted by molar-refractivity contribution is 7.92. The molecule has 0 amide bonds. The van der Waals surface area contributed by atoms with Gasteiger partial charge in [-0.25, -0.2) is 13.4 Å². The molecule has 0 unspecified atom stereocenters. The second kappa shape index (κ2) is 8.53. The van der Waals surface area contributed by atoms with Crippen molar-refractivity contribution in [2.45, 2.75) is 26.2 Å². The first-order chi connectivity index (χ1) is 11.1. The molecule has 2 rings (SSSR count). The van der Waals surface area contributed by atoms with Crippen molar-refractivity contribution in [3.8, 4) is 0 Å². The number of aromatic nitrogens is 1. The number of unbranched alkanes of at least 4 members (excludes halogenated alkanes) is 1. The van der Waals surface area contributed by atoms with Gasteiger partial charge in [-0.15, -0.1) is 0 Å². The molecule has 1 aromatic carbocycles. The maximum Gasteiger partial charge on any atom is 0.233 e. The normalized spacial score (nSPS) is 11.2. The molecule has 2 N–H and O–H groups in total. The maximum absolute atomic E-state index is 12.1. The van der Waals surface area contributed by atoms with Crippen LogP contribution in [0.15, 0.2) is 48.7 Å². The van der Waals surface area contributed by atoms with Crippen molar-refractivity contribution in [3.05, 3.63) is 54.2 Å². The van der Waals surface area contributed by atoms with E-state index in [1.54, 1.807) is 12.1 Å². The van der Waals surface area contributed by atoms with Crippen LogP contribution in [0, 0.1) is 0 Å². The monoisotopic (exact) mass is 333 g/mol. The Morgan fingerprint density at radius 1 is 1.09 bits per heavy atom. The van der Waals surface area contributed by atoms with Crippen molar-refractivity contribution in [3.63, 3.8) is 0 Å². The van der Waals surface area contributed by atoms with Crippen molar-refractivity contribution < 1.29 is 8.42 Å². The predicted octanol–water partition coefficient (Wildman–Crippen LogP) is 3.28. The van der Waals surface area contributed by atoms with Crippen LogP contribution in [-0.4, -0.2) is 25.7 Å². The summed E-state index contributed by atoms with van der Waals surface area (Å²) in [5, 5.41) is 3.19. The van der Waals surface area contributed by atoms with Crippen molar-refractivity contribution in [2.75, 3.05) is 22.3 Å². The summed E-state index contributed by atoms with van der Waals surface area (Å²) in [5.41, 5.74) is 1.49. The third-order valence-corrected chi connectivity index (χ3v) is 4.66. The second-order valence-electron chi connectivity index (χ2n) is 5.37. The lowest BCUT2D eigenvalue weighted by Gasteiger charge is -2.09. The number of rotatable bonds is 9. The molecule has 0 spiro atoms. The van der Waals surface area contributed by atoms with Crippen molar-refractivity contribution in [2.24, 2.45) is 0 Å². The summed E-state index contributed by atoms with van der Waals surface area (Å²) in [4.78, 5) is 4.21. The third kappa shape index (κ3) is 6.28. The largest absolute Gasteiger partial charge is 0.370 e. The van der Waals surface area contributed by atoms with E-state index in [9.17, 15) is 8.42 Å². The molecule has 0 radical (unpaired) electrons. The van der Waals surface area contributed by atoms with Crippen LogP contribution < -0.4 is 10.0 Å². The van der Waals surface area contributed by atoms with Gasteiger partial charge in [-0.2, -0.15) is 0 Å². The molecule has 0 aliphatic carbocycles. The van der Waals surface area contributed by atoms with E-state index >= 15 is 0 Å². The van der Waals surface area contributed by atoms with Gasteiger partial charge in [-0.1, -0.05) is 43.7 Å². The van der Waals surface area contributed by atoms with E-state index in [4.69, 9.17) is 0 Å². The van der Waals surface area contributed by atoms with E-state index in [-0.39, 0.29) is 5.75 Å². The summed E-state index contributed by atoms with van der Waals surface area (Å²) in [5.74, 6) is 0.804. The fourth-order valence-electron chi connectivity index (χ4n) is 2.08. The minimum absolute atomic E-state index is 0.0491. The highest BCUT2D eigenvalue weighted by atomic mass is 32.2. The van der Waals surface area contributed by atoms with Crippen LogP contribution in [0.5, 0.6) is 0 Å². The van der Waals surface area contributed by atoms with E-state index in [0.29, 0.717) is 12.1 Å². The molecule has 1 aromatic heterocycles. The number of sulfonamides is 1. The minimum Gasteiger partial charge on any atom is -0.370 e. The molecule has 0 saturated carbocycles. The Labute approximate surface area is 138 Å². The average Bonchev–Trinajstić information content (AvgIpc) is 2.56. The van der Waals surface area contributed by atoms with Gasteiger partial charge in [0.15, 0.2) is 0 Å². The van der Waals surface area contributed by atoms with E-state index < -0.39 is 10.0 Å². The van der Waals surface area contributed by atoms with Crippen molar-refractivity contribution >= 4 is 21.5 Å². The van der Waals surface area contributed by atoms with Gasteiger partial charge in [0.25, 0.3) is 0 Å². The molecule has 0 fully saturated rings.